The lowest BCUT2D eigenvalue weighted by atomic mass is 9.33. The van der Waals surface area contributed by atoms with Gasteiger partial charge in [-0.3, -0.25) is 0 Å². The fourth-order valence-corrected chi connectivity index (χ4v) is 14.5. The van der Waals surface area contributed by atoms with Gasteiger partial charge in [-0.1, -0.05) is 242 Å². The molecule has 15 aromatic rings. The highest BCUT2D eigenvalue weighted by Crippen LogP contribution is 2.49. The average molecular weight is 1200 g/mol. The van der Waals surface area contributed by atoms with Crippen molar-refractivity contribution in [2.45, 2.75) is 13.1 Å². The third-order valence-corrected chi connectivity index (χ3v) is 18.8. The molecule has 14 aromatic carbocycles. The van der Waals surface area contributed by atoms with E-state index >= 15 is 0 Å². The maximum atomic E-state index is 14.6. The van der Waals surface area contributed by atoms with Crippen molar-refractivity contribution in [1.29, 1.82) is 0 Å². The molecule has 0 bridgehead atoms. The Morgan fingerprint density at radius 3 is 1.23 bits per heavy atom. The van der Waals surface area contributed by atoms with Crippen molar-refractivity contribution in [3.8, 4) is 83.6 Å². The van der Waals surface area contributed by atoms with E-state index < -0.39 is 11.7 Å². The molecule has 440 valence electrons. The second-order valence-corrected chi connectivity index (χ2v) is 24.4. The van der Waals surface area contributed by atoms with E-state index in [9.17, 15) is 13.2 Å². The van der Waals surface area contributed by atoms with Gasteiger partial charge in [-0.05, 0) is 187 Å². The Labute approximate surface area is 538 Å². The Bertz CT molecular complexity index is 5180. The highest BCUT2D eigenvalue weighted by molar-refractivity contribution is 7.00. The van der Waals surface area contributed by atoms with Crippen LogP contribution in [-0.4, -0.2) is 11.3 Å². The van der Waals surface area contributed by atoms with Gasteiger partial charge in [0.05, 0.1) is 22.3 Å². The molecule has 17 rings (SSSR count). The predicted octanol–water partition coefficient (Wildman–Crippen LogP) is 21.9. The molecule has 2 aliphatic heterocycles. The topological polar surface area (TPSA) is 11.4 Å². The van der Waals surface area contributed by atoms with Crippen LogP contribution in [0.2, 0.25) is 0 Å². The summed E-state index contributed by atoms with van der Waals surface area (Å²) in [5.74, 6) is 0. The van der Waals surface area contributed by atoms with Gasteiger partial charge in [0.15, 0.2) is 0 Å². The van der Waals surface area contributed by atoms with E-state index in [1.54, 1.807) is 6.07 Å². The Morgan fingerprint density at radius 2 is 0.688 bits per heavy atom. The van der Waals surface area contributed by atoms with Crippen molar-refractivity contribution in [3.05, 3.63) is 339 Å². The number of fused-ring (bicyclic) bond motifs is 7. The smallest absolute Gasteiger partial charge is 0.311 e. The zero-order valence-electron chi connectivity index (χ0n) is 50.7. The Hall–Kier alpha value is -11.7. The Balaban J connectivity index is 0.920. The van der Waals surface area contributed by atoms with E-state index in [0.29, 0.717) is 11.1 Å². The number of rotatable bonds is 10. The first-order chi connectivity index (χ1) is 45.6. The first-order valence-corrected chi connectivity index (χ1v) is 31.6. The number of halogens is 3. The number of aromatic nitrogens is 1. The summed E-state index contributed by atoms with van der Waals surface area (Å²) in [4.78, 5) is 4.97. The molecule has 0 saturated carbocycles. The molecule has 0 N–H and O–H groups in total. The lowest BCUT2D eigenvalue weighted by Crippen LogP contribution is -2.61. The molecule has 3 heterocycles. The number of nitrogens with zero attached hydrogens (tertiary/aromatic N) is 3. The summed E-state index contributed by atoms with van der Waals surface area (Å²) in [7, 11) is 0. The molecule has 0 fully saturated rings. The fraction of sp³-hybridized carbons (Fsp3) is 0.0233. The summed E-state index contributed by atoms with van der Waals surface area (Å²) in [6, 6.07) is 115. The maximum Gasteiger partial charge on any atom is 0.416 e. The first kappa shape index (κ1) is 55.4. The lowest BCUT2D eigenvalue weighted by Gasteiger charge is -2.44. The van der Waals surface area contributed by atoms with Crippen LogP contribution in [0.4, 0.5) is 47.3 Å². The van der Waals surface area contributed by atoms with Crippen molar-refractivity contribution < 1.29 is 13.2 Å². The normalized spacial score (nSPS) is 12.5. The summed E-state index contributed by atoms with van der Waals surface area (Å²) in [5.41, 5.74) is 27.4. The highest BCUT2D eigenvalue weighted by Gasteiger charge is 2.44. The number of hydrogen-bond acceptors (Lipinski definition) is 2. The van der Waals surface area contributed by atoms with Crippen LogP contribution in [0.25, 0.3) is 105 Å². The van der Waals surface area contributed by atoms with Crippen molar-refractivity contribution >= 4 is 79.0 Å². The Morgan fingerprint density at radius 1 is 0.280 bits per heavy atom. The van der Waals surface area contributed by atoms with E-state index in [2.05, 4.69) is 306 Å². The molecular formula is C86H57BF3N3. The van der Waals surface area contributed by atoms with E-state index in [-0.39, 0.29) is 6.71 Å². The maximum absolute atomic E-state index is 14.6. The third-order valence-electron chi connectivity index (χ3n) is 18.8. The van der Waals surface area contributed by atoms with Crippen LogP contribution in [-0.2, 0) is 6.18 Å². The quantitative estimate of drug-likeness (QED) is 0.126. The van der Waals surface area contributed by atoms with Crippen LogP contribution in [0.1, 0.15) is 11.1 Å². The largest absolute Gasteiger partial charge is 0.416 e. The molecule has 0 unspecified atom stereocenters. The number of benzene rings is 14. The molecule has 0 radical (unpaired) electrons. The standard InChI is InChI=1S/C86H57BF3N3/c1-56-18-16-27-63(48-56)64-36-44-79(74(50-64)68-28-17-29-70(49-68)86(88,89)90)93-78-31-15-14-30-73(78)75-51-65(37-45-80(75)93)69-54-83-85-84(55-69)92(72-42-34-62(35-43-72)58-21-8-3-9-22-58)82-47-39-67(60-25-12-5-13-26-60)53-77(82)87(85)76-52-66(59-23-10-4-11-24-59)38-46-81(76)91(83)71-40-32-61(33-41-71)57-19-6-2-7-20-57/h2-55H,1H3. The predicted molar refractivity (Wildman–Crippen MR) is 383 cm³/mol. The number of para-hydroxylation sites is 1. The van der Waals surface area contributed by atoms with E-state index in [4.69, 9.17) is 0 Å². The zero-order valence-corrected chi connectivity index (χ0v) is 50.7. The minimum absolute atomic E-state index is 0.190. The SMILES string of the molecule is Cc1cccc(-c2ccc(-n3c4ccccc4c4cc(-c5cc6c7c(c5)N(c5ccc(-c8ccccc8)cc5)c5ccc(-c8ccccc8)cc5B7c5cc(-c7ccccc7)ccc5N6c5ccc(-c6ccccc6)cc5)ccc43)c(-c3cccc(C(F)(F)F)c3)c2)c1. The van der Waals surface area contributed by atoms with Crippen LogP contribution in [0.15, 0.2) is 328 Å². The van der Waals surface area contributed by atoms with Crippen molar-refractivity contribution in [2.75, 3.05) is 9.80 Å². The van der Waals surface area contributed by atoms with Crippen LogP contribution >= 0.6 is 0 Å². The van der Waals surface area contributed by atoms with Gasteiger partial charge in [-0.15, -0.1) is 0 Å². The van der Waals surface area contributed by atoms with E-state index in [1.807, 2.05) is 18.2 Å². The molecule has 0 spiro atoms. The first-order valence-electron chi connectivity index (χ1n) is 31.6. The molecule has 0 atom stereocenters. The molecule has 0 saturated heterocycles. The highest BCUT2D eigenvalue weighted by atomic mass is 19.4. The van der Waals surface area contributed by atoms with Gasteiger partial charge < -0.3 is 14.4 Å². The fourth-order valence-electron chi connectivity index (χ4n) is 14.5. The minimum atomic E-state index is -4.53. The lowest BCUT2D eigenvalue weighted by molar-refractivity contribution is -0.137. The molecule has 3 nitrogen and oxygen atoms in total. The van der Waals surface area contributed by atoms with Gasteiger partial charge in [-0.2, -0.15) is 13.2 Å². The minimum Gasteiger partial charge on any atom is -0.311 e. The molecule has 1 aromatic heterocycles. The molecular weight excluding hydrogens is 1140 g/mol. The van der Waals surface area contributed by atoms with E-state index in [0.717, 1.165) is 140 Å². The summed E-state index contributed by atoms with van der Waals surface area (Å²) in [5, 5.41) is 2.04. The number of alkyl halides is 3. The van der Waals surface area contributed by atoms with Gasteiger partial charge in [0, 0.05) is 50.5 Å². The summed E-state index contributed by atoms with van der Waals surface area (Å²) in [6.45, 7) is 1.86. The van der Waals surface area contributed by atoms with Crippen molar-refractivity contribution in [3.63, 3.8) is 0 Å². The van der Waals surface area contributed by atoms with Gasteiger partial charge in [0.25, 0.3) is 6.71 Å². The zero-order chi connectivity index (χ0) is 62.3. The average Bonchev–Trinajstić information content (AvgIpc) is 0.948. The van der Waals surface area contributed by atoms with Gasteiger partial charge in [-0.25, -0.2) is 0 Å². The molecule has 0 aliphatic carbocycles. The monoisotopic (exact) mass is 1200 g/mol. The second-order valence-electron chi connectivity index (χ2n) is 24.4. The number of aryl methyl sites for hydroxylation is 1. The molecule has 2 aliphatic rings. The second kappa shape index (κ2) is 22.4. The van der Waals surface area contributed by atoms with Crippen LogP contribution < -0.4 is 26.2 Å². The summed E-state index contributed by atoms with van der Waals surface area (Å²) >= 11 is 0. The molecule has 93 heavy (non-hydrogen) atoms. The Kier molecular flexibility index (Phi) is 13.3. The van der Waals surface area contributed by atoms with Crippen molar-refractivity contribution in [1.82, 2.24) is 4.57 Å². The van der Waals surface area contributed by atoms with Gasteiger partial charge in [0.2, 0.25) is 0 Å². The third kappa shape index (κ3) is 9.71. The molecule has 7 heteroatoms. The van der Waals surface area contributed by atoms with Crippen LogP contribution in [0.3, 0.4) is 0 Å². The number of hydrogen-bond donors (Lipinski definition) is 0. The van der Waals surface area contributed by atoms with Gasteiger partial charge >= 0.3 is 6.18 Å². The number of anilines is 6. The van der Waals surface area contributed by atoms with Crippen LogP contribution in [0.5, 0.6) is 0 Å². The summed E-state index contributed by atoms with van der Waals surface area (Å²) in [6.07, 6.45) is -4.53. The van der Waals surface area contributed by atoms with Gasteiger partial charge in [0.1, 0.15) is 0 Å². The van der Waals surface area contributed by atoms with Crippen molar-refractivity contribution in [2.24, 2.45) is 0 Å². The molecule has 0 amide bonds. The summed E-state index contributed by atoms with van der Waals surface area (Å²) < 4.78 is 46.1. The van der Waals surface area contributed by atoms with E-state index in [1.165, 1.54) is 28.5 Å². The van der Waals surface area contributed by atoms with Crippen LogP contribution in [0, 0.1) is 6.92 Å².